The number of anilines is 1. The molecule has 2 aromatic heterocycles. The number of fused-ring (bicyclic) bond motifs is 1. The third-order valence-corrected chi connectivity index (χ3v) is 5.65. The number of nitriles is 2. The molecule has 8 heteroatoms. The molecule has 3 aromatic rings. The molecular weight excluding hydrogens is 378 g/mol. The number of thioether (sulfide) groups is 1. The van der Waals surface area contributed by atoms with Crippen LogP contribution in [0.5, 0.6) is 0 Å². The second-order valence-corrected chi connectivity index (χ2v) is 7.61. The van der Waals surface area contributed by atoms with Gasteiger partial charge in [-0.25, -0.2) is 4.98 Å². The van der Waals surface area contributed by atoms with Crippen molar-refractivity contribution < 1.29 is 4.79 Å². The molecule has 0 saturated carbocycles. The van der Waals surface area contributed by atoms with E-state index in [1.165, 1.54) is 34.7 Å². The fraction of sp³-hybridized carbons (Fsp3) is 0.158. The van der Waals surface area contributed by atoms with Gasteiger partial charge < -0.3 is 5.32 Å². The Morgan fingerprint density at radius 3 is 2.81 bits per heavy atom. The fourth-order valence-electron chi connectivity index (χ4n) is 2.40. The van der Waals surface area contributed by atoms with Crippen LogP contribution in [-0.4, -0.2) is 21.0 Å². The summed E-state index contributed by atoms with van der Waals surface area (Å²) in [6.07, 6.45) is 3.32. The summed E-state index contributed by atoms with van der Waals surface area (Å²) in [7, 11) is 0. The third kappa shape index (κ3) is 4.20. The molecule has 0 fully saturated rings. The molecule has 0 radical (unpaired) electrons. The quantitative estimate of drug-likeness (QED) is 0.518. The monoisotopic (exact) mass is 393 g/mol. The topological polar surface area (TPSA) is 94.0 Å². The zero-order valence-corrected chi connectivity index (χ0v) is 16.3. The highest BCUT2D eigenvalue weighted by molar-refractivity contribution is 8.00. The van der Waals surface area contributed by atoms with Crippen molar-refractivity contribution >= 4 is 45.7 Å². The summed E-state index contributed by atoms with van der Waals surface area (Å²) in [4.78, 5) is 17.5. The Bertz CT molecular complexity index is 1110. The summed E-state index contributed by atoms with van der Waals surface area (Å²) in [6, 6.07) is 9.49. The van der Waals surface area contributed by atoms with Gasteiger partial charge >= 0.3 is 0 Å². The maximum atomic E-state index is 12.3. The number of aryl methyl sites for hydroxylation is 2. The van der Waals surface area contributed by atoms with Gasteiger partial charge in [0.2, 0.25) is 5.91 Å². The van der Waals surface area contributed by atoms with Crippen LogP contribution in [0.3, 0.4) is 0 Å². The maximum Gasteiger partial charge on any atom is 0.234 e. The molecule has 0 saturated heterocycles. The Labute approximate surface area is 164 Å². The van der Waals surface area contributed by atoms with Gasteiger partial charge in [0.25, 0.3) is 0 Å². The Morgan fingerprint density at radius 1 is 1.33 bits per heavy atom. The van der Waals surface area contributed by atoms with Gasteiger partial charge in [0.1, 0.15) is 22.7 Å². The fourth-order valence-corrected chi connectivity index (χ4v) is 3.97. The van der Waals surface area contributed by atoms with E-state index in [0.717, 1.165) is 16.2 Å². The van der Waals surface area contributed by atoms with Crippen molar-refractivity contribution in [2.24, 2.45) is 0 Å². The first kappa shape index (κ1) is 18.7. The lowest BCUT2D eigenvalue weighted by atomic mass is 10.1. The number of nitrogens with one attached hydrogen (secondary N) is 1. The molecule has 3 rings (SSSR count). The Hall–Kier alpha value is -3.07. The number of imidazole rings is 1. The van der Waals surface area contributed by atoms with Crippen LogP contribution in [0.2, 0.25) is 0 Å². The number of carbonyl (C=O) groups is 1. The first-order chi connectivity index (χ1) is 13.0. The van der Waals surface area contributed by atoms with Crippen LogP contribution in [0, 0.1) is 36.5 Å². The van der Waals surface area contributed by atoms with E-state index in [2.05, 4.69) is 10.3 Å². The first-order valence-corrected chi connectivity index (χ1v) is 9.85. The van der Waals surface area contributed by atoms with Crippen molar-refractivity contribution in [3.05, 3.63) is 52.2 Å². The van der Waals surface area contributed by atoms with Gasteiger partial charge in [-0.1, -0.05) is 17.8 Å². The number of rotatable bonds is 5. The van der Waals surface area contributed by atoms with Crippen molar-refractivity contribution in [3.8, 4) is 12.1 Å². The molecule has 0 aliphatic rings. The summed E-state index contributed by atoms with van der Waals surface area (Å²) in [5.41, 5.74) is 3.66. The van der Waals surface area contributed by atoms with E-state index in [-0.39, 0.29) is 17.2 Å². The normalized spacial score (nSPS) is 10.2. The number of hydrogen-bond donors (Lipinski definition) is 1. The van der Waals surface area contributed by atoms with Crippen LogP contribution in [0.25, 0.3) is 11.0 Å². The van der Waals surface area contributed by atoms with Gasteiger partial charge in [0.05, 0.1) is 11.4 Å². The predicted molar refractivity (Wildman–Crippen MR) is 108 cm³/mol. The molecule has 0 aliphatic carbocycles. The molecule has 0 spiro atoms. The van der Waals surface area contributed by atoms with Crippen molar-refractivity contribution in [1.29, 1.82) is 10.5 Å². The summed E-state index contributed by atoms with van der Waals surface area (Å²) < 4.78 is 1.81. The van der Waals surface area contributed by atoms with Gasteiger partial charge in [0.15, 0.2) is 4.96 Å². The van der Waals surface area contributed by atoms with Crippen LogP contribution in [0.1, 0.15) is 16.8 Å². The van der Waals surface area contributed by atoms with Crippen molar-refractivity contribution in [1.82, 2.24) is 9.38 Å². The standard InChI is InChI=1S/C19H15N5OS2/c1-12-3-4-15(7-13(12)2)22-17(25)11-27-18-16(8-14(9-20)10-21)24-5-6-26-19(24)23-18/h3-8H,11H2,1-2H3,(H,22,25). The molecule has 0 bridgehead atoms. The van der Waals surface area contributed by atoms with Gasteiger partial charge in [0, 0.05) is 17.3 Å². The van der Waals surface area contributed by atoms with Gasteiger partial charge in [-0.05, 0) is 43.2 Å². The van der Waals surface area contributed by atoms with Crippen molar-refractivity contribution in [2.75, 3.05) is 11.1 Å². The smallest absolute Gasteiger partial charge is 0.234 e. The van der Waals surface area contributed by atoms with Crippen LogP contribution in [-0.2, 0) is 4.79 Å². The highest BCUT2D eigenvalue weighted by atomic mass is 32.2. The van der Waals surface area contributed by atoms with E-state index < -0.39 is 0 Å². The molecule has 6 nitrogen and oxygen atoms in total. The second-order valence-electron chi connectivity index (χ2n) is 5.78. The lowest BCUT2D eigenvalue weighted by Gasteiger charge is -2.07. The zero-order chi connectivity index (χ0) is 19.4. The van der Waals surface area contributed by atoms with Crippen LogP contribution >= 0.6 is 23.1 Å². The SMILES string of the molecule is Cc1ccc(NC(=O)CSc2nc3sccn3c2C=C(C#N)C#N)cc1C. The Kier molecular flexibility index (Phi) is 5.60. The minimum Gasteiger partial charge on any atom is -0.325 e. The molecular formula is C19H15N5OS2. The maximum absolute atomic E-state index is 12.3. The molecule has 27 heavy (non-hydrogen) atoms. The Balaban J connectivity index is 1.77. The van der Waals surface area contributed by atoms with Crippen molar-refractivity contribution in [3.63, 3.8) is 0 Å². The number of carbonyl (C=O) groups excluding carboxylic acids is 1. The summed E-state index contributed by atoms with van der Waals surface area (Å²) in [6.45, 7) is 4.02. The van der Waals surface area contributed by atoms with E-state index in [1.54, 1.807) is 0 Å². The Morgan fingerprint density at radius 2 is 2.11 bits per heavy atom. The van der Waals surface area contributed by atoms with Crippen LogP contribution < -0.4 is 5.32 Å². The lowest BCUT2D eigenvalue weighted by Crippen LogP contribution is -2.14. The van der Waals surface area contributed by atoms with Gasteiger partial charge in [-0.2, -0.15) is 10.5 Å². The highest BCUT2D eigenvalue weighted by Crippen LogP contribution is 2.28. The van der Waals surface area contributed by atoms with E-state index >= 15 is 0 Å². The van der Waals surface area contributed by atoms with Gasteiger partial charge in [-0.3, -0.25) is 9.20 Å². The minimum absolute atomic E-state index is 0.00979. The van der Waals surface area contributed by atoms with E-state index in [4.69, 9.17) is 10.5 Å². The predicted octanol–water partition coefficient (Wildman–Crippen LogP) is 4.17. The van der Waals surface area contributed by atoms with Crippen LogP contribution in [0.15, 0.2) is 40.4 Å². The minimum atomic E-state index is -0.143. The van der Waals surface area contributed by atoms with Crippen molar-refractivity contribution in [2.45, 2.75) is 18.9 Å². The second kappa shape index (κ2) is 8.09. The highest BCUT2D eigenvalue weighted by Gasteiger charge is 2.15. The van der Waals surface area contributed by atoms with E-state index in [9.17, 15) is 4.79 Å². The number of amides is 1. The summed E-state index contributed by atoms with van der Waals surface area (Å²) >= 11 is 2.72. The average molecular weight is 393 g/mol. The number of allylic oxidation sites excluding steroid dienone is 1. The number of nitrogens with zero attached hydrogens (tertiary/aromatic N) is 4. The molecule has 1 N–H and O–H groups in total. The summed E-state index contributed by atoms with van der Waals surface area (Å²) in [5, 5.41) is 23.4. The molecule has 0 atom stereocenters. The van der Waals surface area contributed by atoms with Crippen LogP contribution in [0.4, 0.5) is 5.69 Å². The zero-order valence-electron chi connectivity index (χ0n) is 14.7. The molecule has 0 unspecified atom stereocenters. The summed E-state index contributed by atoms with van der Waals surface area (Å²) in [5.74, 6) is 0.0304. The number of hydrogen-bond acceptors (Lipinski definition) is 6. The lowest BCUT2D eigenvalue weighted by molar-refractivity contribution is -0.113. The number of benzene rings is 1. The number of thiazole rings is 1. The van der Waals surface area contributed by atoms with E-state index in [0.29, 0.717) is 10.7 Å². The molecule has 1 amide bonds. The molecule has 0 aliphatic heterocycles. The third-order valence-electron chi connectivity index (χ3n) is 3.92. The molecule has 2 heterocycles. The van der Waals surface area contributed by atoms with Gasteiger partial charge in [-0.15, -0.1) is 11.3 Å². The molecule has 134 valence electrons. The van der Waals surface area contributed by atoms with E-state index in [1.807, 2.05) is 60.2 Å². The largest absolute Gasteiger partial charge is 0.325 e. The average Bonchev–Trinajstić information content (AvgIpc) is 3.23. The first-order valence-electron chi connectivity index (χ1n) is 7.99. The molecule has 1 aromatic carbocycles. The number of aromatic nitrogens is 2.